The minimum Gasteiger partial charge on any atom is -0.497 e. The van der Waals surface area contributed by atoms with Gasteiger partial charge in [-0.05, 0) is 42.3 Å². The molecule has 0 amide bonds. The Morgan fingerprint density at radius 2 is 1.89 bits per heavy atom. The first kappa shape index (κ1) is 17.1. The monoisotopic (exact) mass is 363 g/mol. The SMILES string of the molecule is COc1ccc(OCCNc2cnnc(N3CCc4ccccc43)n2)cc1. The maximum Gasteiger partial charge on any atom is 0.251 e. The smallest absolute Gasteiger partial charge is 0.251 e. The van der Waals surface area contributed by atoms with Gasteiger partial charge >= 0.3 is 0 Å². The second-order valence-corrected chi connectivity index (χ2v) is 6.12. The molecule has 0 aliphatic carbocycles. The van der Waals surface area contributed by atoms with Gasteiger partial charge in [0.05, 0.1) is 19.9 Å². The van der Waals surface area contributed by atoms with Gasteiger partial charge in [-0.1, -0.05) is 18.2 Å². The maximum atomic E-state index is 5.71. The zero-order chi connectivity index (χ0) is 18.5. The molecule has 0 bridgehead atoms. The molecule has 0 unspecified atom stereocenters. The number of fused-ring (bicyclic) bond motifs is 1. The molecule has 2 aromatic carbocycles. The molecular weight excluding hydrogens is 342 g/mol. The van der Waals surface area contributed by atoms with Crippen LogP contribution < -0.4 is 19.7 Å². The van der Waals surface area contributed by atoms with Crippen LogP contribution in [0.1, 0.15) is 5.56 Å². The van der Waals surface area contributed by atoms with Crippen molar-refractivity contribution in [1.29, 1.82) is 0 Å². The molecule has 0 fully saturated rings. The fraction of sp³-hybridized carbons (Fsp3) is 0.250. The zero-order valence-corrected chi connectivity index (χ0v) is 15.1. The number of hydrogen-bond donors (Lipinski definition) is 1. The Balaban J connectivity index is 1.33. The van der Waals surface area contributed by atoms with E-state index in [2.05, 4.69) is 43.6 Å². The number of anilines is 3. The van der Waals surface area contributed by atoms with Gasteiger partial charge in [0.25, 0.3) is 5.95 Å². The Morgan fingerprint density at radius 1 is 1.07 bits per heavy atom. The van der Waals surface area contributed by atoms with Crippen molar-refractivity contribution < 1.29 is 9.47 Å². The number of nitrogens with one attached hydrogen (secondary N) is 1. The molecule has 0 saturated carbocycles. The number of aromatic nitrogens is 3. The highest BCUT2D eigenvalue weighted by atomic mass is 16.5. The van der Waals surface area contributed by atoms with E-state index in [0.29, 0.717) is 24.9 Å². The highest BCUT2D eigenvalue weighted by molar-refractivity contribution is 5.65. The number of rotatable bonds is 7. The maximum absolute atomic E-state index is 5.71. The van der Waals surface area contributed by atoms with E-state index in [1.807, 2.05) is 30.3 Å². The van der Waals surface area contributed by atoms with Crippen molar-refractivity contribution in [1.82, 2.24) is 15.2 Å². The Kier molecular flexibility index (Phi) is 5.00. The first-order valence-corrected chi connectivity index (χ1v) is 8.89. The molecule has 1 aliphatic heterocycles. The van der Waals surface area contributed by atoms with Crippen molar-refractivity contribution in [2.24, 2.45) is 0 Å². The predicted octanol–water partition coefficient (Wildman–Crippen LogP) is 3.07. The second kappa shape index (κ2) is 7.90. The summed E-state index contributed by atoms with van der Waals surface area (Å²) in [6.07, 6.45) is 2.62. The van der Waals surface area contributed by atoms with Crippen LogP contribution in [0.15, 0.2) is 54.7 Å². The molecule has 27 heavy (non-hydrogen) atoms. The van der Waals surface area contributed by atoms with Crippen molar-refractivity contribution in [3.8, 4) is 11.5 Å². The molecule has 2 heterocycles. The van der Waals surface area contributed by atoms with Crippen LogP contribution >= 0.6 is 0 Å². The lowest BCUT2D eigenvalue weighted by atomic mass is 10.2. The lowest BCUT2D eigenvalue weighted by Crippen LogP contribution is -2.19. The Hall–Kier alpha value is -3.35. The van der Waals surface area contributed by atoms with E-state index in [4.69, 9.17) is 9.47 Å². The largest absolute Gasteiger partial charge is 0.497 e. The zero-order valence-electron chi connectivity index (χ0n) is 15.1. The third-order valence-electron chi connectivity index (χ3n) is 4.41. The highest BCUT2D eigenvalue weighted by Gasteiger charge is 2.22. The fourth-order valence-corrected chi connectivity index (χ4v) is 3.06. The number of para-hydroxylation sites is 1. The molecule has 1 N–H and O–H groups in total. The number of benzene rings is 2. The number of ether oxygens (including phenoxy) is 2. The third-order valence-corrected chi connectivity index (χ3v) is 4.41. The molecule has 7 heteroatoms. The minimum absolute atomic E-state index is 0.512. The number of hydrogen-bond acceptors (Lipinski definition) is 7. The molecule has 4 rings (SSSR count). The van der Waals surface area contributed by atoms with Crippen LogP contribution in [-0.4, -0.2) is 42.0 Å². The lowest BCUT2D eigenvalue weighted by Gasteiger charge is -2.17. The van der Waals surface area contributed by atoms with E-state index in [9.17, 15) is 0 Å². The Morgan fingerprint density at radius 3 is 2.74 bits per heavy atom. The first-order valence-electron chi connectivity index (χ1n) is 8.89. The van der Waals surface area contributed by atoms with Crippen molar-refractivity contribution in [2.45, 2.75) is 6.42 Å². The summed E-state index contributed by atoms with van der Waals surface area (Å²) in [6.45, 7) is 1.99. The van der Waals surface area contributed by atoms with Gasteiger partial charge in [-0.15, -0.1) is 5.10 Å². The van der Waals surface area contributed by atoms with Crippen LogP contribution in [-0.2, 0) is 6.42 Å². The van der Waals surface area contributed by atoms with E-state index < -0.39 is 0 Å². The van der Waals surface area contributed by atoms with E-state index in [1.165, 1.54) is 5.56 Å². The van der Waals surface area contributed by atoms with Gasteiger partial charge < -0.3 is 19.7 Å². The molecule has 0 atom stereocenters. The van der Waals surface area contributed by atoms with Crippen LogP contribution in [0.4, 0.5) is 17.5 Å². The Labute approximate surface area is 158 Å². The molecule has 1 aliphatic rings. The quantitative estimate of drug-likeness (QED) is 0.647. The number of methoxy groups -OCH3 is 1. The van der Waals surface area contributed by atoms with Crippen LogP contribution in [0.5, 0.6) is 11.5 Å². The minimum atomic E-state index is 0.512. The summed E-state index contributed by atoms with van der Waals surface area (Å²) >= 11 is 0. The van der Waals surface area contributed by atoms with Crippen molar-refractivity contribution in [3.63, 3.8) is 0 Å². The van der Waals surface area contributed by atoms with Gasteiger partial charge in [0, 0.05) is 12.2 Å². The summed E-state index contributed by atoms with van der Waals surface area (Å²) in [4.78, 5) is 6.69. The molecule has 0 saturated heterocycles. The summed E-state index contributed by atoms with van der Waals surface area (Å²) in [5, 5.41) is 11.5. The predicted molar refractivity (Wildman–Crippen MR) is 104 cm³/mol. The van der Waals surface area contributed by atoms with Crippen LogP contribution in [0.2, 0.25) is 0 Å². The molecule has 3 aromatic rings. The first-order chi connectivity index (χ1) is 13.3. The summed E-state index contributed by atoms with van der Waals surface area (Å²) < 4.78 is 10.8. The molecule has 1 aromatic heterocycles. The normalized spacial score (nSPS) is 12.6. The molecule has 138 valence electrons. The second-order valence-electron chi connectivity index (χ2n) is 6.12. The average Bonchev–Trinajstić information content (AvgIpc) is 3.16. The van der Waals surface area contributed by atoms with Gasteiger partial charge in [0.2, 0.25) is 0 Å². The fourth-order valence-electron chi connectivity index (χ4n) is 3.06. The summed E-state index contributed by atoms with van der Waals surface area (Å²) in [7, 11) is 1.64. The summed E-state index contributed by atoms with van der Waals surface area (Å²) in [5.41, 5.74) is 2.46. The van der Waals surface area contributed by atoms with Gasteiger partial charge in [0.15, 0.2) is 5.82 Å². The summed E-state index contributed by atoms with van der Waals surface area (Å²) in [6, 6.07) is 15.8. The molecule has 0 spiro atoms. The van der Waals surface area contributed by atoms with E-state index in [-0.39, 0.29) is 0 Å². The van der Waals surface area contributed by atoms with Crippen molar-refractivity contribution in [3.05, 3.63) is 60.3 Å². The van der Waals surface area contributed by atoms with Gasteiger partial charge in [-0.3, -0.25) is 0 Å². The topological polar surface area (TPSA) is 72.4 Å². The standard InChI is InChI=1S/C20H21N5O2/c1-26-16-6-8-17(9-7-16)27-13-11-21-19-14-22-24-20(23-19)25-12-10-15-4-2-3-5-18(15)25/h2-9,14H,10-13H2,1H3,(H,21,23,24). The molecule has 7 nitrogen and oxygen atoms in total. The molecular formula is C20H21N5O2. The van der Waals surface area contributed by atoms with Gasteiger partial charge in [-0.2, -0.15) is 10.1 Å². The van der Waals surface area contributed by atoms with Crippen LogP contribution in [0.3, 0.4) is 0 Å². The van der Waals surface area contributed by atoms with Crippen molar-refractivity contribution in [2.75, 3.05) is 37.0 Å². The third kappa shape index (κ3) is 3.92. The van der Waals surface area contributed by atoms with Gasteiger partial charge in [0.1, 0.15) is 18.1 Å². The molecule has 0 radical (unpaired) electrons. The van der Waals surface area contributed by atoms with E-state index in [1.54, 1.807) is 13.3 Å². The van der Waals surface area contributed by atoms with Crippen LogP contribution in [0.25, 0.3) is 0 Å². The van der Waals surface area contributed by atoms with Crippen molar-refractivity contribution >= 4 is 17.5 Å². The number of nitrogens with zero attached hydrogens (tertiary/aromatic N) is 4. The van der Waals surface area contributed by atoms with Crippen LogP contribution in [0, 0.1) is 0 Å². The van der Waals surface area contributed by atoms with E-state index >= 15 is 0 Å². The van der Waals surface area contributed by atoms with E-state index in [0.717, 1.165) is 30.2 Å². The average molecular weight is 363 g/mol. The van der Waals surface area contributed by atoms with Gasteiger partial charge in [-0.25, -0.2) is 0 Å². The lowest BCUT2D eigenvalue weighted by molar-refractivity contribution is 0.331. The summed E-state index contributed by atoms with van der Waals surface area (Å²) in [5.74, 6) is 2.90. The Bertz CT molecular complexity index is 901. The highest BCUT2D eigenvalue weighted by Crippen LogP contribution is 2.32.